The molecule has 0 bridgehead atoms. The first-order valence-electron chi connectivity index (χ1n) is 9.16. The number of hydrogen-bond acceptors (Lipinski definition) is 4. The number of halogens is 3. The Balaban J connectivity index is 1.90. The molecular formula is C21H17F3N4O2S. The lowest BCUT2D eigenvalue weighted by molar-refractivity contribution is -0.141. The van der Waals surface area contributed by atoms with E-state index in [0.717, 1.165) is 27.4 Å². The minimum absolute atomic E-state index is 0.147. The molecule has 2 heterocycles. The summed E-state index contributed by atoms with van der Waals surface area (Å²) in [6, 6.07) is 11.7. The van der Waals surface area contributed by atoms with Crippen molar-refractivity contribution in [2.45, 2.75) is 18.0 Å². The molecule has 4 rings (SSSR count). The summed E-state index contributed by atoms with van der Waals surface area (Å²) in [5, 5.41) is 8.87. The van der Waals surface area contributed by atoms with Crippen LogP contribution in [-0.2, 0) is 16.2 Å². The van der Waals surface area contributed by atoms with Crippen molar-refractivity contribution in [1.82, 2.24) is 9.78 Å². The molecule has 1 aliphatic heterocycles. The van der Waals surface area contributed by atoms with Crippen molar-refractivity contribution in [3.8, 4) is 16.9 Å². The van der Waals surface area contributed by atoms with Gasteiger partial charge in [0.1, 0.15) is 0 Å². The molecule has 0 amide bonds. The maximum Gasteiger partial charge on any atom is 0.435 e. The molecule has 6 nitrogen and oxygen atoms in total. The van der Waals surface area contributed by atoms with Gasteiger partial charge in [-0.05, 0) is 60.0 Å². The van der Waals surface area contributed by atoms with Gasteiger partial charge in [-0.25, -0.2) is 18.2 Å². The smallest absolute Gasteiger partial charge is 0.288 e. The van der Waals surface area contributed by atoms with Gasteiger partial charge in [0.15, 0.2) is 5.69 Å². The number of aliphatic imine (C=N–C) groups is 1. The molecule has 3 aromatic rings. The summed E-state index contributed by atoms with van der Waals surface area (Å²) in [4.78, 5) is 4.01. The van der Waals surface area contributed by atoms with Crippen molar-refractivity contribution in [3.63, 3.8) is 0 Å². The van der Waals surface area contributed by atoms with Crippen LogP contribution in [0.3, 0.4) is 0 Å². The number of nitrogens with zero attached hydrogens (tertiary/aromatic N) is 3. The molecule has 0 atom stereocenters. The van der Waals surface area contributed by atoms with Gasteiger partial charge in [-0.15, -0.1) is 0 Å². The van der Waals surface area contributed by atoms with Gasteiger partial charge in [-0.1, -0.05) is 18.2 Å². The first-order valence-corrected chi connectivity index (χ1v) is 10.7. The van der Waals surface area contributed by atoms with Crippen molar-refractivity contribution < 1.29 is 21.6 Å². The van der Waals surface area contributed by atoms with Gasteiger partial charge in [-0.3, -0.25) is 4.99 Å². The van der Waals surface area contributed by atoms with Gasteiger partial charge in [-0.2, -0.15) is 18.3 Å². The second-order valence-electron chi connectivity index (χ2n) is 7.05. The SMILES string of the molecule is Cc1ccc(C2=CCN=C2)cc1-c1cc(C(F)(F)F)nn1-c1ccc(S(N)(=O)=O)cc1. The highest BCUT2D eigenvalue weighted by atomic mass is 32.2. The van der Waals surface area contributed by atoms with Crippen LogP contribution in [0.25, 0.3) is 22.5 Å². The van der Waals surface area contributed by atoms with Crippen molar-refractivity contribution in [1.29, 1.82) is 0 Å². The molecule has 31 heavy (non-hydrogen) atoms. The second kappa shape index (κ2) is 7.47. The van der Waals surface area contributed by atoms with E-state index in [1.807, 2.05) is 18.2 Å². The highest BCUT2D eigenvalue weighted by Crippen LogP contribution is 2.35. The Morgan fingerprint density at radius 3 is 2.35 bits per heavy atom. The molecule has 2 aromatic carbocycles. The molecule has 0 unspecified atom stereocenters. The van der Waals surface area contributed by atoms with Gasteiger partial charge < -0.3 is 0 Å². The zero-order chi connectivity index (χ0) is 22.4. The molecule has 0 aliphatic carbocycles. The predicted molar refractivity (Wildman–Crippen MR) is 111 cm³/mol. The molecule has 160 valence electrons. The van der Waals surface area contributed by atoms with Gasteiger partial charge in [0.2, 0.25) is 10.0 Å². The average molecular weight is 446 g/mol. The Kier molecular flexibility index (Phi) is 5.06. The van der Waals surface area contributed by atoms with Crippen LogP contribution < -0.4 is 5.14 Å². The quantitative estimate of drug-likeness (QED) is 0.657. The largest absolute Gasteiger partial charge is 0.435 e. The first kappa shape index (κ1) is 21.0. The van der Waals surface area contributed by atoms with E-state index in [1.165, 1.54) is 24.3 Å². The number of alkyl halides is 3. The Bertz CT molecular complexity index is 1320. The summed E-state index contributed by atoms with van der Waals surface area (Å²) in [6.07, 6.45) is -0.996. The third-order valence-corrected chi connectivity index (χ3v) is 5.83. The summed E-state index contributed by atoms with van der Waals surface area (Å²) in [7, 11) is -3.93. The van der Waals surface area contributed by atoms with E-state index in [9.17, 15) is 21.6 Å². The summed E-state index contributed by atoms with van der Waals surface area (Å²) in [6.45, 7) is 2.36. The third-order valence-electron chi connectivity index (χ3n) is 4.90. The molecule has 2 N–H and O–H groups in total. The number of nitrogens with two attached hydrogens (primary N) is 1. The minimum atomic E-state index is -4.65. The molecule has 1 aromatic heterocycles. The van der Waals surface area contributed by atoms with Crippen molar-refractivity contribution in [2.75, 3.05) is 6.54 Å². The number of aryl methyl sites for hydroxylation is 1. The van der Waals surface area contributed by atoms with E-state index in [4.69, 9.17) is 5.14 Å². The van der Waals surface area contributed by atoms with Crippen LogP contribution in [0.5, 0.6) is 0 Å². The van der Waals surface area contributed by atoms with Crippen molar-refractivity contribution in [2.24, 2.45) is 10.1 Å². The number of primary sulfonamides is 1. The lowest BCUT2D eigenvalue weighted by atomic mass is 9.98. The number of rotatable bonds is 4. The average Bonchev–Trinajstić information content (AvgIpc) is 3.38. The molecule has 0 radical (unpaired) electrons. The van der Waals surface area contributed by atoms with Crippen molar-refractivity contribution in [3.05, 3.63) is 71.4 Å². The standard InChI is InChI=1S/C21H17F3N4O2S/c1-13-2-3-14(15-8-9-26-12-15)10-18(13)19-11-20(21(22,23)24)27-28(19)16-4-6-17(7-5-16)31(25,29)30/h2-8,10-12H,9H2,1H3,(H2,25,29,30). The number of aromatic nitrogens is 2. The van der Waals surface area contributed by atoms with Crippen LogP contribution in [-0.4, -0.2) is 31.0 Å². The van der Waals surface area contributed by atoms with Gasteiger partial charge in [0.25, 0.3) is 0 Å². The molecule has 1 aliphatic rings. The van der Waals surface area contributed by atoms with Crippen LogP contribution in [0.2, 0.25) is 0 Å². The molecule has 10 heteroatoms. The highest BCUT2D eigenvalue weighted by Gasteiger charge is 2.35. The van der Waals surface area contributed by atoms with E-state index in [2.05, 4.69) is 10.1 Å². The second-order valence-corrected chi connectivity index (χ2v) is 8.61. The van der Waals surface area contributed by atoms with Crippen LogP contribution in [0, 0.1) is 6.92 Å². The third kappa shape index (κ3) is 4.17. The fourth-order valence-electron chi connectivity index (χ4n) is 3.31. The van der Waals surface area contributed by atoms with Crippen LogP contribution in [0.15, 0.2) is 64.5 Å². The van der Waals surface area contributed by atoms with E-state index in [-0.39, 0.29) is 16.3 Å². The van der Waals surface area contributed by atoms with E-state index >= 15 is 0 Å². The number of sulfonamides is 1. The minimum Gasteiger partial charge on any atom is -0.288 e. The van der Waals surface area contributed by atoms with Crippen LogP contribution in [0.1, 0.15) is 16.8 Å². The van der Waals surface area contributed by atoms with Crippen LogP contribution >= 0.6 is 0 Å². The van der Waals surface area contributed by atoms with E-state index in [0.29, 0.717) is 12.1 Å². The monoisotopic (exact) mass is 446 g/mol. The lowest BCUT2D eigenvalue weighted by Crippen LogP contribution is -2.12. The summed E-state index contributed by atoms with van der Waals surface area (Å²) < 4.78 is 64.5. The zero-order valence-corrected chi connectivity index (χ0v) is 17.1. The lowest BCUT2D eigenvalue weighted by Gasteiger charge is -2.12. The Hall–Kier alpha value is -3.24. The molecular weight excluding hydrogens is 429 g/mol. The Morgan fingerprint density at radius 2 is 1.77 bits per heavy atom. The fraction of sp³-hybridized carbons (Fsp3) is 0.143. The maximum atomic E-state index is 13.5. The van der Waals surface area contributed by atoms with Crippen molar-refractivity contribution >= 4 is 21.8 Å². The number of benzene rings is 2. The summed E-state index contributed by atoms with van der Waals surface area (Å²) in [5.41, 5.74) is 2.49. The molecule has 0 saturated carbocycles. The van der Waals surface area contributed by atoms with Gasteiger partial charge in [0.05, 0.1) is 22.8 Å². The van der Waals surface area contributed by atoms with E-state index < -0.39 is 21.9 Å². The molecule has 0 fully saturated rings. The molecule has 0 spiro atoms. The zero-order valence-electron chi connectivity index (χ0n) is 16.3. The van der Waals surface area contributed by atoms with Gasteiger partial charge in [0, 0.05) is 11.8 Å². The first-order chi connectivity index (χ1) is 14.5. The normalized spacial score (nSPS) is 14.2. The Labute approximate surface area is 176 Å². The summed E-state index contributed by atoms with van der Waals surface area (Å²) >= 11 is 0. The van der Waals surface area contributed by atoms with Crippen LogP contribution in [0.4, 0.5) is 13.2 Å². The summed E-state index contributed by atoms with van der Waals surface area (Å²) in [5.74, 6) is 0. The molecule has 0 saturated heterocycles. The van der Waals surface area contributed by atoms with E-state index in [1.54, 1.807) is 19.2 Å². The maximum absolute atomic E-state index is 13.5. The predicted octanol–water partition coefficient (Wildman–Crippen LogP) is 3.98. The Morgan fingerprint density at radius 1 is 1.06 bits per heavy atom. The number of hydrogen-bond donors (Lipinski definition) is 1. The van der Waals surface area contributed by atoms with Gasteiger partial charge >= 0.3 is 6.18 Å². The topological polar surface area (TPSA) is 90.3 Å². The fourth-order valence-corrected chi connectivity index (χ4v) is 3.83. The number of allylic oxidation sites excluding steroid dienone is 1. The highest BCUT2D eigenvalue weighted by molar-refractivity contribution is 7.89.